The second-order valence-electron chi connectivity index (χ2n) is 9.52. The fraction of sp³-hybridized carbons (Fsp3) is 0.500. The summed E-state index contributed by atoms with van der Waals surface area (Å²) in [6.07, 6.45) is 4.59. The number of amides is 3. The number of ether oxygens (including phenoxy) is 1. The normalized spacial score (nSPS) is 24.7. The van der Waals surface area contributed by atoms with E-state index in [2.05, 4.69) is 15.3 Å². The first-order valence-corrected chi connectivity index (χ1v) is 12.1. The van der Waals surface area contributed by atoms with Crippen molar-refractivity contribution < 1.29 is 23.5 Å². The van der Waals surface area contributed by atoms with Crippen LogP contribution in [0.5, 0.6) is 0 Å². The number of anilines is 1. The molecule has 2 aromatic rings. The van der Waals surface area contributed by atoms with Gasteiger partial charge in [-0.3, -0.25) is 14.4 Å². The number of nitrogens with one attached hydrogen (secondary N) is 2. The van der Waals surface area contributed by atoms with Crippen LogP contribution in [0.2, 0.25) is 5.02 Å². The quantitative estimate of drug-likeness (QED) is 0.652. The SMILES string of the molecule is COC1CN(C(=O)c2nc[nH]c2C(=O)NC2CCC3(CC2)CCN(c2ccc(F)cc2Cl)C3=O)C1. The predicted molar refractivity (Wildman–Crippen MR) is 126 cm³/mol. The molecule has 3 fully saturated rings. The molecule has 0 bridgehead atoms. The van der Waals surface area contributed by atoms with Crippen molar-refractivity contribution in [3.63, 3.8) is 0 Å². The van der Waals surface area contributed by atoms with E-state index in [1.807, 2.05) is 0 Å². The van der Waals surface area contributed by atoms with Gasteiger partial charge in [0.15, 0.2) is 5.69 Å². The molecule has 0 unspecified atom stereocenters. The minimum Gasteiger partial charge on any atom is -0.378 e. The molecule has 0 atom stereocenters. The lowest BCUT2D eigenvalue weighted by molar-refractivity contribution is -0.127. The number of benzene rings is 1. The van der Waals surface area contributed by atoms with Crippen molar-refractivity contribution in [2.75, 3.05) is 31.6 Å². The van der Waals surface area contributed by atoms with E-state index in [-0.39, 0.29) is 46.3 Å². The Labute approximate surface area is 207 Å². The van der Waals surface area contributed by atoms with Crippen LogP contribution in [-0.4, -0.2) is 71.5 Å². The summed E-state index contributed by atoms with van der Waals surface area (Å²) in [5.74, 6) is -1.12. The van der Waals surface area contributed by atoms with E-state index >= 15 is 0 Å². The molecule has 3 heterocycles. The Morgan fingerprint density at radius 1 is 1.26 bits per heavy atom. The van der Waals surface area contributed by atoms with Gasteiger partial charge in [-0.25, -0.2) is 9.37 Å². The molecule has 186 valence electrons. The van der Waals surface area contributed by atoms with E-state index < -0.39 is 11.2 Å². The molecule has 1 spiro atoms. The largest absolute Gasteiger partial charge is 0.378 e. The Bertz CT molecular complexity index is 1160. The van der Waals surface area contributed by atoms with Crippen molar-refractivity contribution in [3.8, 4) is 0 Å². The summed E-state index contributed by atoms with van der Waals surface area (Å²) in [7, 11) is 1.60. The number of hydrogen-bond donors (Lipinski definition) is 2. The van der Waals surface area contributed by atoms with Crippen molar-refractivity contribution in [1.82, 2.24) is 20.2 Å². The standard InChI is InChI=1S/C24H27ClFN5O4/c1-35-16-11-30(12-16)22(33)20-19(27-13-28-20)21(32)29-15-4-6-24(7-5-15)8-9-31(23(24)34)18-3-2-14(26)10-17(18)25/h2-3,10,13,15-16H,4-9,11-12H2,1H3,(H,27,28)(H,29,32). The number of H-pyrrole nitrogens is 1. The highest BCUT2D eigenvalue weighted by molar-refractivity contribution is 6.34. The third kappa shape index (κ3) is 4.29. The van der Waals surface area contributed by atoms with Crippen LogP contribution in [0.1, 0.15) is 53.1 Å². The Kier molecular flexibility index (Phi) is 6.27. The monoisotopic (exact) mass is 503 g/mol. The van der Waals surface area contributed by atoms with Gasteiger partial charge in [0.1, 0.15) is 11.5 Å². The van der Waals surface area contributed by atoms with Gasteiger partial charge < -0.3 is 24.8 Å². The van der Waals surface area contributed by atoms with Gasteiger partial charge in [-0.05, 0) is 50.3 Å². The van der Waals surface area contributed by atoms with Crippen LogP contribution in [0, 0.1) is 11.2 Å². The summed E-state index contributed by atoms with van der Waals surface area (Å²) in [6.45, 7) is 1.48. The Hall–Kier alpha value is -2.98. The number of aromatic nitrogens is 2. The molecule has 2 saturated heterocycles. The van der Waals surface area contributed by atoms with Gasteiger partial charge in [-0.15, -0.1) is 0 Å². The third-order valence-electron chi connectivity index (χ3n) is 7.53. The average Bonchev–Trinajstić information content (AvgIpc) is 3.41. The topological polar surface area (TPSA) is 108 Å². The molecule has 1 aromatic carbocycles. The van der Waals surface area contributed by atoms with E-state index in [0.29, 0.717) is 57.4 Å². The number of methoxy groups -OCH3 is 1. The van der Waals surface area contributed by atoms with E-state index in [1.54, 1.807) is 23.0 Å². The molecular formula is C24H27ClFN5O4. The first kappa shape index (κ1) is 23.7. The van der Waals surface area contributed by atoms with Crippen LogP contribution >= 0.6 is 11.6 Å². The first-order valence-electron chi connectivity index (χ1n) is 11.7. The zero-order valence-electron chi connectivity index (χ0n) is 19.4. The maximum Gasteiger partial charge on any atom is 0.275 e. The number of carbonyl (C=O) groups excluding carboxylic acids is 3. The average molecular weight is 504 g/mol. The van der Waals surface area contributed by atoms with Gasteiger partial charge in [0.05, 0.1) is 28.6 Å². The maximum atomic E-state index is 13.4. The second kappa shape index (κ2) is 9.23. The lowest BCUT2D eigenvalue weighted by atomic mass is 9.71. The summed E-state index contributed by atoms with van der Waals surface area (Å²) in [6, 6.07) is 3.95. The first-order chi connectivity index (χ1) is 16.8. The highest BCUT2D eigenvalue weighted by Crippen LogP contribution is 2.47. The number of halogens is 2. The number of nitrogens with zero attached hydrogens (tertiary/aromatic N) is 3. The number of likely N-dealkylation sites (tertiary alicyclic amines) is 1. The summed E-state index contributed by atoms with van der Waals surface area (Å²) in [5, 5.41) is 3.22. The van der Waals surface area contributed by atoms with E-state index in [9.17, 15) is 18.8 Å². The number of aromatic amines is 1. The molecule has 2 N–H and O–H groups in total. The van der Waals surface area contributed by atoms with Crippen LogP contribution in [0.25, 0.3) is 0 Å². The van der Waals surface area contributed by atoms with Gasteiger partial charge in [0, 0.05) is 32.8 Å². The highest BCUT2D eigenvalue weighted by atomic mass is 35.5. The number of carbonyl (C=O) groups is 3. The fourth-order valence-electron chi connectivity index (χ4n) is 5.32. The number of rotatable bonds is 5. The second-order valence-corrected chi connectivity index (χ2v) is 9.93. The molecule has 1 aromatic heterocycles. The summed E-state index contributed by atoms with van der Waals surface area (Å²) >= 11 is 6.19. The third-order valence-corrected chi connectivity index (χ3v) is 7.83. The summed E-state index contributed by atoms with van der Waals surface area (Å²) in [5.41, 5.74) is 0.275. The van der Waals surface area contributed by atoms with Crippen molar-refractivity contribution in [2.45, 2.75) is 44.2 Å². The molecule has 0 radical (unpaired) electrons. The molecular weight excluding hydrogens is 477 g/mol. The van der Waals surface area contributed by atoms with E-state index in [1.165, 1.54) is 18.5 Å². The lowest BCUT2D eigenvalue weighted by Gasteiger charge is -2.37. The Balaban J connectivity index is 1.19. The molecule has 35 heavy (non-hydrogen) atoms. The smallest absolute Gasteiger partial charge is 0.275 e. The molecule has 1 saturated carbocycles. The fourth-order valence-corrected chi connectivity index (χ4v) is 5.59. The molecule has 5 rings (SSSR count). The van der Waals surface area contributed by atoms with Crippen LogP contribution < -0.4 is 10.2 Å². The summed E-state index contributed by atoms with van der Waals surface area (Å²) < 4.78 is 18.6. The van der Waals surface area contributed by atoms with Gasteiger partial charge in [-0.1, -0.05) is 11.6 Å². The number of hydrogen-bond acceptors (Lipinski definition) is 5. The lowest BCUT2D eigenvalue weighted by Crippen LogP contribution is -2.54. The highest BCUT2D eigenvalue weighted by Gasteiger charge is 2.49. The summed E-state index contributed by atoms with van der Waals surface area (Å²) in [4.78, 5) is 49.0. The van der Waals surface area contributed by atoms with Gasteiger partial charge >= 0.3 is 0 Å². The zero-order valence-corrected chi connectivity index (χ0v) is 20.1. The van der Waals surface area contributed by atoms with E-state index in [4.69, 9.17) is 16.3 Å². The minimum absolute atomic E-state index is 0.00106. The Morgan fingerprint density at radius 3 is 2.69 bits per heavy atom. The Morgan fingerprint density at radius 2 is 2.00 bits per heavy atom. The van der Waals surface area contributed by atoms with Crippen molar-refractivity contribution in [3.05, 3.63) is 46.8 Å². The van der Waals surface area contributed by atoms with Crippen LogP contribution in [-0.2, 0) is 9.53 Å². The van der Waals surface area contributed by atoms with Crippen molar-refractivity contribution in [1.29, 1.82) is 0 Å². The molecule has 9 nitrogen and oxygen atoms in total. The molecule has 11 heteroatoms. The molecule has 3 aliphatic rings. The molecule has 1 aliphatic carbocycles. The van der Waals surface area contributed by atoms with Gasteiger partial charge in [-0.2, -0.15) is 0 Å². The maximum absolute atomic E-state index is 13.4. The number of imidazole rings is 1. The predicted octanol–water partition coefficient (Wildman–Crippen LogP) is 2.77. The van der Waals surface area contributed by atoms with Crippen LogP contribution in [0.3, 0.4) is 0 Å². The van der Waals surface area contributed by atoms with Crippen LogP contribution in [0.15, 0.2) is 24.5 Å². The van der Waals surface area contributed by atoms with Gasteiger partial charge in [0.25, 0.3) is 11.8 Å². The zero-order chi connectivity index (χ0) is 24.7. The van der Waals surface area contributed by atoms with Crippen molar-refractivity contribution >= 4 is 35.0 Å². The van der Waals surface area contributed by atoms with E-state index in [0.717, 1.165) is 0 Å². The molecule has 2 aliphatic heterocycles. The molecule has 3 amide bonds. The van der Waals surface area contributed by atoms with Crippen LogP contribution in [0.4, 0.5) is 10.1 Å². The van der Waals surface area contributed by atoms with Crippen molar-refractivity contribution in [2.24, 2.45) is 5.41 Å². The minimum atomic E-state index is -0.497. The van der Waals surface area contributed by atoms with Gasteiger partial charge in [0.2, 0.25) is 5.91 Å².